The number of Topliss-reactive ketones (excluding diaryl/α,β-unsaturated/α-hetero) is 1. The standard InChI is InChI=1S/C18H25ClO3S/c1-12(2)18(20)15(10-13-6-4-5-7-13)14-8-9-17(16(19)11-14)23(3,21)22/h8-9,11-13,15H,4-7,10H2,1-3H3/t15-/m1/s1. The molecule has 1 atom stereocenters. The molecular formula is C18H25ClO3S. The molecule has 2 rings (SSSR count). The zero-order valence-corrected chi connectivity index (χ0v) is 15.6. The highest BCUT2D eigenvalue weighted by Crippen LogP contribution is 2.37. The van der Waals surface area contributed by atoms with E-state index in [1.54, 1.807) is 12.1 Å². The Labute approximate surface area is 144 Å². The van der Waals surface area contributed by atoms with Crippen LogP contribution in [0.15, 0.2) is 23.1 Å². The molecule has 3 nitrogen and oxygen atoms in total. The smallest absolute Gasteiger partial charge is 0.176 e. The van der Waals surface area contributed by atoms with Crippen LogP contribution in [0.3, 0.4) is 0 Å². The average Bonchev–Trinajstić information content (AvgIpc) is 2.95. The van der Waals surface area contributed by atoms with Crippen molar-refractivity contribution in [3.63, 3.8) is 0 Å². The summed E-state index contributed by atoms with van der Waals surface area (Å²) >= 11 is 6.17. The number of hydrogen-bond donors (Lipinski definition) is 0. The maximum Gasteiger partial charge on any atom is 0.176 e. The van der Waals surface area contributed by atoms with Crippen molar-refractivity contribution in [3.05, 3.63) is 28.8 Å². The van der Waals surface area contributed by atoms with Gasteiger partial charge in [-0.3, -0.25) is 4.79 Å². The molecule has 0 N–H and O–H groups in total. The maximum absolute atomic E-state index is 12.7. The van der Waals surface area contributed by atoms with Crippen LogP contribution in [-0.2, 0) is 14.6 Å². The van der Waals surface area contributed by atoms with Gasteiger partial charge in [-0.2, -0.15) is 0 Å². The number of carbonyl (C=O) groups is 1. The van der Waals surface area contributed by atoms with E-state index in [1.807, 2.05) is 13.8 Å². The third-order valence-corrected chi connectivity index (χ3v) is 6.29. The van der Waals surface area contributed by atoms with Crippen LogP contribution in [-0.4, -0.2) is 20.5 Å². The van der Waals surface area contributed by atoms with Gasteiger partial charge in [0, 0.05) is 18.1 Å². The van der Waals surface area contributed by atoms with E-state index in [0.717, 1.165) is 18.2 Å². The predicted molar refractivity (Wildman–Crippen MR) is 93.7 cm³/mol. The van der Waals surface area contributed by atoms with Crippen molar-refractivity contribution in [2.24, 2.45) is 11.8 Å². The zero-order chi connectivity index (χ0) is 17.2. The molecule has 1 aliphatic carbocycles. The number of benzene rings is 1. The molecule has 0 unspecified atom stereocenters. The molecule has 1 aliphatic rings. The van der Waals surface area contributed by atoms with Crippen LogP contribution in [0.25, 0.3) is 0 Å². The fourth-order valence-electron chi connectivity index (χ4n) is 3.43. The first kappa shape index (κ1) is 18.5. The number of rotatable bonds is 6. The number of carbonyl (C=O) groups excluding carboxylic acids is 1. The van der Waals surface area contributed by atoms with Crippen molar-refractivity contribution in [1.29, 1.82) is 0 Å². The zero-order valence-electron chi connectivity index (χ0n) is 14.0. The van der Waals surface area contributed by atoms with Crippen LogP contribution in [0, 0.1) is 11.8 Å². The monoisotopic (exact) mass is 356 g/mol. The normalized spacial score (nSPS) is 17.6. The fourth-order valence-corrected chi connectivity index (χ4v) is 4.77. The highest BCUT2D eigenvalue weighted by atomic mass is 35.5. The van der Waals surface area contributed by atoms with E-state index >= 15 is 0 Å². The van der Waals surface area contributed by atoms with Crippen molar-refractivity contribution in [1.82, 2.24) is 0 Å². The molecule has 1 fully saturated rings. The summed E-state index contributed by atoms with van der Waals surface area (Å²) < 4.78 is 23.4. The Morgan fingerprint density at radius 1 is 1.26 bits per heavy atom. The van der Waals surface area contributed by atoms with Crippen LogP contribution < -0.4 is 0 Å². The Morgan fingerprint density at radius 3 is 2.35 bits per heavy atom. The summed E-state index contributed by atoms with van der Waals surface area (Å²) in [6.45, 7) is 3.83. The Balaban J connectivity index is 2.34. The van der Waals surface area contributed by atoms with Gasteiger partial charge in [0.1, 0.15) is 5.78 Å². The van der Waals surface area contributed by atoms with Gasteiger partial charge in [-0.05, 0) is 30.0 Å². The molecule has 128 valence electrons. The van der Waals surface area contributed by atoms with Crippen molar-refractivity contribution in [2.75, 3.05) is 6.26 Å². The van der Waals surface area contributed by atoms with Crippen LogP contribution in [0.1, 0.15) is 57.4 Å². The second-order valence-corrected chi connectivity index (χ2v) is 9.35. The first-order valence-corrected chi connectivity index (χ1v) is 10.5. The van der Waals surface area contributed by atoms with Crippen LogP contribution >= 0.6 is 11.6 Å². The topological polar surface area (TPSA) is 51.2 Å². The van der Waals surface area contributed by atoms with Gasteiger partial charge in [-0.1, -0.05) is 57.2 Å². The van der Waals surface area contributed by atoms with Crippen LogP contribution in [0.5, 0.6) is 0 Å². The maximum atomic E-state index is 12.7. The second-order valence-electron chi connectivity index (χ2n) is 6.96. The predicted octanol–water partition coefficient (Wildman–Crippen LogP) is 4.63. The highest BCUT2D eigenvalue weighted by molar-refractivity contribution is 7.90. The number of sulfone groups is 1. The minimum atomic E-state index is -3.35. The minimum Gasteiger partial charge on any atom is -0.299 e. The Hall–Kier alpha value is -0.870. The molecule has 1 saturated carbocycles. The lowest BCUT2D eigenvalue weighted by Gasteiger charge is -2.22. The molecular weight excluding hydrogens is 332 g/mol. The van der Waals surface area contributed by atoms with E-state index in [1.165, 1.54) is 31.7 Å². The first-order chi connectivity index (χ1) is 10.7. The SMILES string of the molecule is CC(C)C(=O)[C@H](CC1CCCC1)c1ccc(S(C)(=O)=O)c(Cl)c1. The fraction of sp³-hybridized carbons (Fsp3) is 0.611. The third kappa shape index (κ3) is 4.57. The number of hydrogen-bond acceptors (Lipinski definition) is 3. The molecule has 0 heterocycles. The molecule has 23 heavy (non-hydrogen) atoms. The van der Waals surface area contributed by atoms with Gasteiger partial charge in [0.2, 0.25) is 0 Å². The summed E-state index contributed by atoms with van der Waals surface area (Å²) in [7, 11) is -3.35. The van der Waals surface area contributed by atoms with Gasteiger partial charge in [-0.15, -0.1) is 0 Å². The van der Waals surface area contributed by atoms with Gasteiger partial charge < -0.3 is 0 Å². The Bertz CT molecular complexity index is 674. The molecule has 0 spiro atoms. The quantitative estimate of drug-likeness (QED) is 0.746. The number of halogens is 1. The number of ketones is 1. The van der Waals surface area contributed by atoms with E-state index in [-0.39, 0.29) is 27.5 Å². The molecule has 0 radical (unpaired) electrons. The first-order valence-electron chi connectivity index (χ1n) is 8.23. The summed E-state index contributed by atoms with van der Waals surface area (Å²) in [6, 6.07) is 4.95. The summed E-state index contributed by atoms with van der Waals surface area (Å²) in [5.74, 6) is 0.551. The van der Waals surface area contributed by atoms with E-state index in [0.29, 0.717) is 5.92 Å². The Kier molecular flexibility index (Phi) is 5.90. The van der Waals surface area contributed by atoms with E-state index in [4.69, 9.17) is 11.6 Å². The van der Waals surface area contributed by atoms with Gasteiger partial charge in [0.05, 0.1) is 9.92 Å². The van der Waals surface area contributed by atoms with Gasteiger partial charge in [0.15, 0.2) is 9.84 Å². The molecule has 1 aromatic rings. The van der Waals surface area contributed by atoms with Crippen molar-refractivity contribution in [3.8, 4) is 0 Å². The molecule has 1 aromatic carbocycles. The summed E-state index contributed by atoms with van der Waals surface area (Å²) in [4.78, 5) is 12.8. The second kappa shape index (κ2) is 7.35. The lowest BCUT2D eigenvalue weighted by Crippen LogP contribution is -2.20. The summed E-state index contributed by atoms with van der Waals surface area (Å²) in [5.41, 5.74) is 0.841. The van der Waals surface area contributed by atoms with Crippen molar-refractivity contribution < 1.29 is 13.2 Å². The van der Waals surface area contributed by atoms with Gasteiger partial charge in [0.25, 0.3) is 0 Å². The Morgan fingerprint density at radius 2 is 1.87 bits per heavy atom. The minimum absolute atomic E-state index is 0.0465. The lowest BCUT2D eigenvalue weighted by molar-refractivity contribution is -0.123. The van der Waals surface area contributed by atoms with E-state index in [2.05, 4.69) is 0 Å². The van der Waals surface area contributed by atoms with Gasteiger partial charge >= 0.3 is 0 Å². The van der Waals surface area contributed by atoms with E-state index in [9.17, 15) is 13.2 Å². The van der Waals surface area contributed by atoms with E-state index < -0.39 is 9.84 Å². The molecule has 0 bridgehead atoms. The third-order valence-electron chi connectivity index (χ3n) is 4.71. The molecule has 0 aromatic heterocycles. The van der Waals surface area contributed by atoms with Crippen molar-refractivity contribution >= 4 is 27.2 Å². The molecule has 0 aliphatic heterocycles. The van der Waals surface area contributed by atoms with Gasteiger partial charge in [-0.25, -0.2) is 8.42 Å². The average molecular weight is 357 g/mol. The summed E-state index contributed by atoms with van der Waals surface area (Å²) in [6.07, 6.45) is 6.81. The lowest BCUT2D eigenvalue weighted by atomic mass is 9.81. The van der Waals surface area contributed by atoms with Crippen molar-refractivity contribution in [2.45, 2.75) is 56.8 Å². The highest BCUT2D eigenvalue weighted by Gasteiger charge is 2.28. The molecule has 0 amide bonds. The largest absolute Gasteiger partial charge is 0.299 e. The van der Waals surface area contributed by atoms with Crippen LogP contribution in [0.2, 0.25) is 5.02 Å². The van der Waals surface area contributed by atoms with Crippen LogP contribution in [0.4, 0.5) is 0 Å². The summed E-state index contributed by atoms with van der Waals surface area (Å²) in [5, 5.41) is 0.206. The molecule has 0 saturated heterocycles. The molecule has 5 heteroatoms.